The fourth-order valence-electron chi connectivity index (χ4n) is 2.50. The smallest absolute Gasteiger partial charge is 0.435 e. The van der Waals surface area contributed by atoms with Gasteiger partial charge < -0.3 is 14.8 Å². The van der Waals surface area contributed by atoms with E-state index in [-0.39, 0.29) is 5.69 Å². The number of hydrogen-bond acceptors (Lipinski definition) is 4. The molecule has 2 aromatic rings. The third kappa shape index (κ3) is 3.54. The number of aromatic nitrogens is 2. The summed E-state index contributed by atoms with van der Waals surface area (Å²) in [5.41, 5.74) is -0.317. The third-order valence-electron chi connectivity index (χ3n) is 3.77. The lowest BCUT2D eigenvalue weighted by molar-refractivity contribution is -0.141. The second-order valence-electron chi connectivity index (χ2n) is 5.64. The number of nitrogens with one attached hydrogen (secondary N) is 1. The van der Waals surface area contributed by atoms with Crippen LogP contribution in [0.3, 0.4) is 0 Å². The monoisotopic (exact) mass is 355 g/mol. The van der Waals surface area contributed by atoms with Gasteiger partial charge in [-0.15, -0.1) is 0 Å². The summed E-state index contributed by atoms with van der Waals surface area (Å²) in [6, 6.07) is 4.90. The van der Waals surface area contributed by atoms with E-state index in [0.717, 1.165) is 10.7 Å². The highest BCUT2D eigenvalue weighted by atomic mass is 19.4. The zero-order valence-electron chi connectivity index (χ0n) is 13.6. The van der Waals surface area contributed by atoms with E-state index < -0.39 is 23.8 Å². The molecule has 0 bridgehead atoms. The summed E-state index contributed by atoms with van der Waals surface area (Å²) >= 11 is 0. The van der Waals surface area contributed by atoms with Gasteiger partial charge in [-0.2, -0.15) is 18.3 Å². The number of nitrogens with zero attached hydrogens (tertiary/aromatic N) is 2. The van der Waals surface area contributed by atoms with Gasteiger partial charge in [-0.1, -0.05) is 0 Å². The van der Waals surface area contributed by atoms with E-state index >= 15 is 0 Å². The van der Waals surface area contributed by atoms with E-state index in [9.17, 15) is 18.0 Å². The first-order valence-corrected chi connectivity index (χ1v) is 7.59. The summed E-state index contributed by atoms with van der Waals surface area (Å²) in [6.07, 6.45) is -4.55. The zero-order valence-corrected chi connectivity index (χ0v) is 13.6. The third-order valence-corrected chi connectivity index (χ3v) is 3.77. The van der Waals surface area contributed by atoms with Crippen LogP contribution < -0.4 is 14.8 Å². The summed E-state index contributed by atoms with van der Waals surface area (Å²) < 4.78 is 50.1. The molecule has 1 unspecified atom stereocenters. The topological polar surface area (TPSA) is 65.4 Å². The van der Waals surface area contributed by atoms with Crippen molar-refractivity contribution in [3.63, 3.8) is 0 Å². The highest BCUT2D eigenvalue weighted by Crippen LogP contribution is 2.33. The molecule has 6 nitrogen and oxygen atoms in total. The molecule has 1 atom stereocenters. The summed E-state index contributed by atoms with van der Waals surface area (Å²) in [6.45, 7) is 3.81. The second kappa shape index (κ2) is 6.30. The van der Waals surface area contributed by atoms with Crippen LogP contribution in [0.2, 0.25) is 0 Å². The van der Waals surface area contributed by atoms with E-state index in [2.05, 4.69) is 10.4 Å². The Morgan fingerprint density at radius 2 is 1.92 bits per heavy atom. The molecule has 0 saturated heterocycles. The average molecular weight is 355 g/mol. The molecule has 1 aliphatic heterocycles. The molecule has 1 N–H and O–H groups in total. The number of hydrogen-bond donors (Lipinski definition) is 1. The van der Waals surface area contributed by atoms with Gasteiger partial charge in [0.15, 0.2) is 17.2 Å². The van der Waals surface area contributed by atoms with Crippen LogP contribution in [-0.2, 0) is 11.0 Å². The van der Waals surface area contributed by atoms with Crippen molar-refractivity contribution in [3.05, 3.63) is 35.7 Å². The molecule has 0 fully saturated rings. The van der Waals surface area contributed by atoms with Gasteiger partial charge in [-0.3, -0.25) is 9.48 Å². The zero-order chi connectivity index (χ0) is 18.2. The van der Waals surface area contributed by atoms with Gasteiger partial charge >= 0.3 is 6.18 Å². The van der Waals surface area contributed by atoms with Gasteiger partial charge in [0, 0.05) is 17.4 Å². The van der Waals surface area contributed by atoms with Gasteiger partial charge in [0.2, 0.25) is 5.91 Å². The predicted octanol–water partition coefficient (Wildman–Crippen LogP) is 3.18. The Kier molecular flexibility index (Phi) is 4.32. The number of benzene rings is 1. The Labute approximate surface area is 141 Å². The minimum absolute atomic E-state index is 0.247. The van der Waals surface area contributed by atoms with Crippen molar-refractivity contribution in [2.75, 3.05) is 18.5 Å². The van der Waals surface area contributed by atoms with Crippen molar-refractivity contribution in [1.29, 1.82) is 0 Å². The van der Waals surface area contributed by atoms with Crippen LogP contribution >= 0.6 is 0 Å². The number of carbonyl (C=O) groups excluding carboxylic acids is 1. The molecule has 9 heteroatoms. The summed E-state index contributed by atoms with van der Waals surface area (Å²) in [5.74, 6) is 0.595. The van der Waals surface area contributed by atoms with Crippen LogP contribution in [0.15, 0.2) is 24.3 Å². The molecule has 1 aromatic carbocycles. The fraction of sp³-hybridized carbons (Fsp3) is 0.375. The first-order chi connectivity index (χ1) is 11.8. The lowest BCUT2D eigenvalue weighted by Gasteiger charge is -2.20. The lowest BCUT2D eigenvalue weighted by atomic mass is 10.2. The Hall–Kier alpha value is -2.71. The van der Waals surface area contributed by atoms with Crippen molar-refractivity contribution in [2.24, 2.45) is 0 Å². The molecule has 1 aromatic heterocycles. The normalized spacial score (nSPS) is 14.9. The number of halogens is 3. The van der Waals surface area contributed by atoms with Crippen LogP contribution in [0.5, 0.6) is 11.5 Å². The van der Waals surface area contributed by atoms with E-state index in [1.807, 2.05) is 0 Å². The predicted molar refractivity (Wildman–Crippen MR) is 82.7 cm³/mol. The molecule has 1 amide bonds. The number of ether oxygens (including phenoxy) is 2. The number of aryl methyl sites for hydroxylation is 1. The van der Waals surface area contributed by atoms with Gasteiger partial charge in [0.1, 0.15) is 19.3 Å². The van der Waals surface area contributed by atoms with Gasteiger partial charge in [-0.05, 0) is 32.0 Å². The number of amides is 1. The summed E-state index contributed by atoms with van der Waals surface area (Å²) in [4.78, 5) is 12.4. The van der Waals surface area contributed by atoms with E-state index in [1.54, 1.807) is 18.2 Å². The van der Waals surface area contributed by atoms with Crippen molar-refractivity contribution >= 4 is 11.6 Å². The van der Waals surface area contributed by atoms with E-state index in [0.29, 0.717) is 30.4 Å². The first kappa shape index (κ1) is 17.1. The van der Waals surface area contributed by atoms with Crippen molar-refractivity contribution < 1.29 is 27.4 Å². The number of anilines is 1. The van der Waals surface area contributed by atoms with Crippen molar-refractivity contribution in [1.82, 2.24) is 9.78 Å². The van der Waals surface area contributed by atoms with Crippen LogP contribution in [0.4, 0.5) is 18.9 Å². The Morgan fingerprint density at radius 3 is 2.56 bits per heavy atom. The van der Waals surface area contributed by atoms with E-state index in [1.165, 1.54) is 13.8 Å². The molecule has 25 heavy (non-hydrogen) atoms. The van der Waals surface area contributed by atoms with E-state index in [4.69, 9.17) is 9.47 Å². The highest BCUT2D eigenvalue weighted by Gasteiger charge is 2.35. The van der Waals surface area contributed by atoms with Gasteiger partial charge in [0.25, 0.3) is 0 Å². The van der Waals surface area contributed by atoms with Crippen molar-refractivity contribution in [3.8, 4) is 11.5 Å². The number of rotatable bonds is 3. The molecule has 3 rings (SSSR count). The number of carbonyl (C=O) groups is 1. The first-order valence-electron chi connectivity index (χ1n) is 7.59. The maximum absolute atomic E-state index is 12.8. The van der Waals surface area contributed by atoms with Gasteiger partial charge in [-0.25, -0.2) is 0 Å². The standard InChI is InChI=1S/C16H16F3N3O3/c1-9-7-14(16(17,18)19)21-22(9)10(2)15(23)20-11-3-4-12-13(8-11)25-6-5-24-12/h3-4,7-8,10H,5-6H2,1-2H3,(H,20,23). The molecular formula is C16H16F3N3O3. The second-order valence-corrected chi connectivity index (χ2v) is 5.64. The average Bonchev–Trinajstić information content (AvgIpc) is 2.96. The van der Waals surface area contributed by atoms with Crippen LogP contribution in [0.25, 0.3) is 0 Å². The Bertz CT molecular complexity index is 802. The Morgan fingerprint density at radius 1 is 1.24 bits per heavy atom. The SMILES string of the molecule is Cc1cc(C(F)(F)F)nn1C(C)C(=O)Nc1ccc2c(c1)OCCO2. The minimum Gasteiger partial charge on any atom is -0.486 e. The number of alkyl halides is 3. The van der Waals surface area contributed by atoms with Crippen LogP contribution in [0, 0.1) is 6.92 Å². The molecule has 0 radical (unpaired) electrons. The fourth-order valence-corrected chi connectivity index (χ4v) is 2.50. The molecule has 0 spiro atoms. The Balaban J connectivity index is 1.76. The lowest BCUT2D eigenvalue weighted by Crippen LogP contribution is -2.25. The molecule has 134 valence electrons. The van der Waals surface area contributed by atoms with Gasteiger partial charge in [0.05, 0.1) is 0 Å². The molecule has 0 saturated carbocycles. The highest BCUT2D eigenvalue weighted by molar-refractivity contribution is 5.93. The maximum atomic E-state index is 12.8. The van der Waals surface area contributed by atoms with Crippen LogP contribution in [0.1, 0.15) is 24.4 Å². The largest absolute Gasteiger partial charge is 0.486 e. The van der Waals surface area contributed by atoms with Crippen molar-refractivity contribution in [2.45, 2.75) is 26.1 Å². The summed E-state index contributed by atoms with van der Waals surface area (Å²) in [5, 5.41) is 6.15. The molecule has 2 heterocycles. The maximum Gasteiger partial charge on any atom is 0.435 e. The molecule has 0 aliphatic carbocycles. The minimum atomic E-state index is -4.55. The number of fused-ring (bicyclic) bond motifs is 1. The molecule has 1 aliphatic rings. The summed E-state index contributed by atoms with van der Waals surface area (Å²) in [7, 11) is 0. The quantitative estimate of drug-likeness (QED) is 0.918. The van der Waals surface area contributed by atoms with Crippen LogP contribution in [-0.4, -0.2) is 28.9 Å². The molecular weight excluding hydrogens is 339 g/mol.